The number of hydrogen-bond acceptors (Lipinski definition) is 5. The predicted octanol–water partition coefficient (Wildman–Crippen LogP) is 2.23. The minimum absolute atomic E-state index is 0.0333. The first-order chi connectivity index (χ1) is 9.45. The maximum atomic E-state index is 12.0. The van der Waals surface area contributed by atoms with Crippen molar-refractivity contribution in [2.45, 2.75) is 6.42 Å². The van der Waals surface area contributed by atoms with Crippen molar-refractivity contribution in [3.63, 3.8) is 0 Å². The van der Waals surface area contributed by atoms with Crippen molar-refractivity contribution in [3.05, 3.63) is 38.5 Å². The van der Waals surface area contributed by atoms with Crippen molar-refractivity contribution in [2.24, 2.45) is 5.73 Å². The molecular weight excluding hydrogens is 368 g/mol. The van der Waals surface area contributed by atoms with Crippen LogP contribution in [0.5, 0.6) is 0 Å². The van der Waals surface area contributed by atoms with Gasteiger partial charge in [0.05, 0.1) is 17.7 Å². The smallest absolute Gasteiger partial charge is 0.260 e. The summed E-state index contributed by atoms with van der Waals surface area (Å²) in [5, 5.41) is 4.70. The van der Waals surface area contributed by atoms with Gasteiger partial charge in [0.25, 0.3) is 5.91 Å². The molecule has 0 atom stereocenters. The van der Waals surface area contributed by atoms with Gasteiger partial charge in [0.1, 0.15) is 5.15 Å². The summed E-state index contributed by atoms with van der Waals surface area (Å²) in [6.45, 7) is 0. The number of carbonyl (C=O) groups is 2. The standard InChI is InChI=1S/C11H8BrClN4O2S/c12-5-1-7(9(13)15-3-5)10(19)17-11-16-6(4-20-11)2-8(14)18/h1,3-4H,2H2,(H2,14,18)(H,16,17,19). The Bertz CT molecular complexity index is 676. The molecule has 2 amide bonds. The number of pyridine rings is 1. The minimum atomic E-state index is -0.479. The molecule has 0 aliphatic carbocycles. The number of nitrogens with two attached hydrogens (primary N) is 1. The van der Waals surface area contributed by atoms with Crippen LogP contribution < -0.4 is 11.1 Å². The lowest BCUT2D eigenvalue weighted by Crippen LogP contribution is -2.15. The number of rotatable bonds is 4. The second kappa shape index (κ2) is 6.29. The van der Waals surface area contributed by atoms with Crippen molar-refractivity contribution in [2.75, 3.05) is 5.32 Å². The fourth-order valence-corrected chi connectivity index (χ4v) is 2.60. The second-order valence-electron chi connectivity index (χ2n) is 3.73. The summed E-state index contributed by atoms with van der Waals surface area (Å²) in [4.78, 5) is 30.8. The molecule has 2 aromatic rings. The van der Waals surface area contributed by atoms with Crippen LogP contribution in [-0.4, -0.2) is 21.8 Å². The molecule has 0 spiro atoms. The van der Waals surface area contributed by atoms with E-state index in [1.807, 2.05) is 0 Å². The van der Waals surface area contributed by atoms with Gasteiger partial charge in [0.15, 0.2) is 5.13 Å². The Balaban J connectivity index is 2.13. The third-order valence-electron chi connectivity index (χ3n) is 2.18. The number of primary amides is 1. The zero-order chi connectivity index (χ0) is 14.7. The molecule has 0 fully saturated rings. The predicted molar refractivity (Wildman–Crippen MR) is 79.9 cm³/mol. The van der Waals surface area contributed by atoms with Crippen LogP contribution in [0.15, 0.2) is 22.1 Å². The minimum Gasteiger partial charge on any atom is -0.369 e. The molecule has 0 saturated carbocycles. The van der Waals surface area contributed by atoms with E-state index in [9.17, 15) is 9.59 Å². The van der Waals surface area contributed by atoms with Gasteiger partial charge in [-0.05, 0) is 22.0 Å². The normalized spacial score (nSPS) is 10.3. The van der Waals surface area contributed by atoms with Gasteiger partial charge in [-0.3, -0.25) is 14.9 Å². The molecule has 0 unspecified atom stereocenters. The third-order valence-corrected chi connectivity index (χ3v) is 3.72. The van der Waals surface area contributed by atoms with Gasteiger partial charge in [-0.25, -0.2) is 9.97 Å². The molecule has 0 saturated heterocycles. The monoisotopic (exact) mass is 374 g/mol. The molecule has 9 heteroatoms. The van der Waals surface area contributed by atoms with Gasteiger partial charge in [-0.1, -0.05) is 11.6 Å². The highest BCUT2D eigenvalue weighted by atomic mass is 79.9. The van der Waals surface area contributed by atoms with E-state index in [2.05, 4.69) is 31.2 Å². The fourth-order valence-electron chi connectivity index (χ4n) is 1.37. The maximum absolute atomic E-state index is 12.0. The van der Waals surface area contributed by atoms with Crippen LogP contribution in [0.1, 0.15) is 16.1 Å². The Morgan fingerprint density at radius 1 is 1.50 bits per heavy atom. The summed E-state index contributed by atoms with van der Waals surface area (Å²) in [6.07, 6.45) is 1.53. The molecule has 0 bridgehead atoms. The van der Waals surface area contributed by atoms with Crippen LogP contribution in [0.4, 0.5) is 5.13 Å². The first-order valence-corrected chi connectivity index (χ1v) is 7.36. The van der Waals surface area contributed by atoms with Gasteiger partial charge in [0, 0.05) is 16.0 Å². The number of anilines is 1. The molecule has 2 aromatic heterocycles. The van der Waals surface area contributed by atoms with Crippen LogP contribution in [0, 0.1) is 0 Å². The molecule has 0 aliphatic rings. The van der Waals surface area contributed by atoms with Gasteiger partial charge in [0.2, 0.25) is 5.91 Å². The van der Waals surface area contributed by atoms with Crippen molar-refractivity contribution in [1.82, 2.24) is 9.97 Å². The quantitative estimate of drug-likeness (QED) is 0.801. The van der Waals surface area contributed by atoms with Gasteiger partial charge in [-0.2, -0.15) is 0 Å². The highest BCUT2D eigenvalue weighted by Gasteiger charge is 2.14. The van der Waals surface area contributed by atoms with E-state index in [1.165, 1.54) is 17.5 Å². The number of nitrogens with one attached hydrogen (secondary N) is 1. The highest BCUT2D eigenvalue weighted by molar-refractivity contribution is 9.10. The number of hydrogen-bond donors (Lipinski definition) is 2. The number of aromatic nitrogens is 2. The number of thiazole rings is 1. The Hall–Kier alpha value is -1.51. The summed E-state index contributed by atoms with van der Waals surface area (Å²) in [7, 11) is 0. The molecule has 0 aliphatic heterocycles. The molecule has 2 rings (SSSR count). The van der Waals surface area contributed by atoms with E-state index < -0.39 is 11.8 Å². The Morgan fingerprint density at radius 2 is 2.25 bits per heavy atom. The highest BCUT2D eigenvalue weighted by Crippen LogP contribution is 2.21. The van der Waals surface area contributed by atoms with E-state index in [0.717, 1.165) is 0 Å². The van der Waals surface area contributed by atoms with Crippen molar-refractivity contribution in [3.8, 4) is 0 Å². The van der Waals surface area contributed by atoms with Crippen LogP contribution >= 0.6 is 38.9 Å². The fraction of sp³-hybridized carbons (Fsp3) is 0.0909. The third kappa shape index (κ3) is 3.75. The molecule has 20 heavy (non-hydrogen) atoms. The molecule has 104 valence electrons. The topological polar surface area (TPSA) is 98.0 Å². The SMILES string of the molecule is NC(=O)Cc1csc(NC(=O)c2cc(Br)cnc2Cl)n1. The molecular formula is C11H8BrClN4O2S. The van der Waals surface area contributed by atoms with E-state index in [0.29, 0.717) is 15.3 Å². The van der Waals surface area contributed by atoms with Crippen LogP contribution in [-0.2, 0) is 11.2 Å². The number of carbonyl (C=O) groups excluding carboxylic acids is 2. The van der Waals surface area contributed by atoms with Crippen molar-refractivity contribution in [1.29, 1.82) is 0 Å². The Morgan fingerprint density at radius 3 is 2.95 bits per heavy atom. The van der Waals surface area contributed by atoms with Gasteiger partial charge >= 0.3 is 0 Å². The molecule has 0 aromatic carbocycles. The molecule has 6 nitrogen and oxygen atoms in total. The summed E-state index contributed by atoms with van der Waals surface area (Å²) in [5.41, 5.74) is 5.81. The lowest BCUT2D eigenvalue weighted by molar-refractivity contribution is -0.117. The summed E-state index contributed by atoms with van der Waals surface area (Å²) < 4.78 is 0.639. The average Bonchev–Trinajstić information content (AvgIpc) is 2.78. The van der Waals surface area contributed by atoms with Gasteiger partial charge < -0.3 is 5.73 Å². The lowest BCUT2D eigenvalue weighted by atomic mass is 10.3. The first kappa shape index (κ1) is 14.9. The van der Waals surface area contributed by atoms with Crippen LogP contribution in [0.2, 0.25) is 5.15 Å². The summed E-state index contributed by atoms with van der Waals surface area (Å²) in [6, 6.07) is 1.56. The zero-order valence-electron chi connectivity index (χ0n) is 9.89. The maximum Gasteiger partial charge on any atom is 0.260 e. The number of nitrogens with zero attached hydrogens (tertiary/aromatic N) is 2. The van der Waals surface area contributed by atoms with E-state index in [1.54, 1.807) is 11.4 Å². The largest absolute Gasteiger partial charge is 0.369 e. The van der Waals surface area contributed by atoms with Crippen molar-refractivity contribution >= 4 is 55.8 Å². The Kier molecular flexibility index (Phi) is 4.69. The van der Waals surface area contributed by atoms with E-state index >= 15 is 0 Å². The summed E-state index contributed by atoms with van der Waals surface area (Å²) in [5.74, 6) is -0.906. The van der Waals surface area contributed by atoms with E-state index in [-0.39, 0.29) is 17.1 Å². The lowest BCUT2D eigenvalue weighted by Gasteiger charge is -2.03. The molecule has 2 heterocycles. The molecule has 3 N–H and O–H groups in total. The van der Waals surface area contributed by atoms with Crippen LogP contribution in [0.3, 0.4) is 0 Å². The number of halogens is 2. The zero-order valence-corrected chi connectivity index (χ0v) is 13.1. The van der Waals surface area contributed by atoms with E-state index in [4.69, 9.17) is 17.3 Å². The summed E-state index contributed by atoms with van der Waals surface area (Å²) >= 11 is 10.3. The van der Waals surface area contributed by atoms with Crippen LogP contribution in [0.25, 0.3) is 0 Å². The first-order valence-electron chi connectivity index (χ1n) is 5.31. The average molecular weight is 376 g/mol. The number of amides is 2. The Labute approximate surface area is 131 Å². The second-order valence-corrected chi connectivity index (χ2v) is 5.86. The van der Waals surface area contributed by atoms with Gasteiger partial charge in [-0.15, -0.1) is 11.3 Å². The molecule has 0 radical (unpaired) electrons. The van der Waals surface area contributed by atoms with Crippen molar-refractivity contribution < 1.29 is 9.59 Å².